The van der Waals surface area contributed by atoms with Gasteiger partial charge in [-0.1, -0.05) is 6.42 Å². The lowest BCUT2D eigenvalue weighted by atomic mass is 10.2. The van der Waals surface area contributed by atoms with Crippen molar-refractivity contribution in [2.75, 3.05) is 30.9 Å². The standard InChI is InChI=1S/C13H20N4O2/c1-2-19-13(18)10-6-7-15-12(11(10)14)16-17-8-4-3-5-9-17/h6-7H,2-5,8-9,14H2,1H3,(H,15,16). The van der Waals surface area contributed by atoms with Gasteiger partial charge in [-0.2, -0.15) is 0 Å². The van der Waals surface area contributed by atoms with E-state index in [-0.39, 0.29) is 0 Å². The molecule has 0 amide bonds. The first-order valence-corrected chi connectivity index (χ1v) is 6.65. The molecule has 1 fully saturated rings. The summed E-state index contributed by atoms with van der Waals surface area (Å²) in [5.41, 5.74) is 9.85. The van der Waals surface area contributed by atoms with Gasteiger partial charge in [0.2, 0.25) is 0 Å². The van der Waals surface area contributed by atoms with Crippen LogP contribution < -0.4 is 11.2 Å². The van der Waals surface area contributed by atoms with Crippen molar-refractivity contribution < 1.29 is 9.53 Å². The van der Waals surface area contributed by atoms with Crippen LogP contribution in [0.3, 0.4) is 0 Å². The van der Waals surface area contributed by atoms with Gasteiger partial charge in [0.1, 0.15) is 0 Å². The minimum absolute atomic E-state index is 0.329. The van der Waals surface area contributed by atoms with E-state index in [0.29, 0.717) is 23.7 Å². The zero-order valence-corrected chi connectivity index (χ0v) is 11.2. The average Bonchev–Trinajstić information content (AvgIpc) is 2.42. The maximum atomic E-state index is 11.7. The van der Waals surface area contributed by atoms with E-state index >= 15 is 0 Å². The summed E-state index contributed by atoms with van der Waals surface area (Å²) in [4.78, 5) is 15.9. The van der Waals surface area contributed by atoms with E-state index in [2.05, 4.69) is 15.4 Å². The first-order valence-electron chi connectivity index (χ1n) is 6.65. The lowest BCUT2D eigenvalue weighted by molar-refractivity contribution is 0.0527. The molecule has 0 spiro atoms. The third-order valence-electron chi connectivity index (χ3n) is 3.11. The molecular weight excluding hydrogens is 244 g/mol. The van der Waals surface area contributed by atoms with Crippen molar-refractivity contribution in [1.82, 2.24) is 9.99 Å². The Hall–Kier alpha value is -1.82. The summed E-state index contributed by atoms with van der Waals surface area (Å²) < 4.78 is 4.97. The summed E-state index contributed by atoms with van der Waals surface area (Å²) >= 11 is 0. The molecule has 1 aromatic heterocycles. The number of anilines is 2. The van der Waals surface area contributed by atoms with Crippen molar-refractivity contribution in [1.29, 1.82) is 0 Å². The Bertz CT molecular complexity index is 444. The molecule has 0 bridgehead atoms. The van der Waals surface area contributed by atoms with Crippen LogP contribution in [0.2, 0.25) is 0 Å². The Morgan fingerprint density at radius 1 is 1.47 bits per heavy atom. The number of hydrogen-bond donors (Lipinski definition) is 2. The van der Waals surface area contributed by atoms with Crippen LogP contribution in [0.4, 0.5) is 11.5 Å². The maximum absolute atomic E-state index is 11.7. The van der Waals surface area contributed by atoms with Crippen LogP contribution in [-0.4, -0.2) is 35.7 Å². The molecule has 1 aromatic rings. The molecule has 3 N–H and O–H groups in total. The number of nitrogen functional groups attached to an aromatic ring is 1. The molecule has 0 unspecified atom stereocenters. The zero-order chi connectivity index (χ0) is 13.7. The van der Waals surface area contributed by atoms with E-state index < -0.39 is 5.97 Å². The normalized spacial score (nSPS) is 16.1. The summed E-state index contributed by atoms with van der Waals surface area (Å²) in [6.45, 7) is 4.02. The lowest BCUT2D eigenvalue weighted by Gasteiger charge is -2.27. The number of carbonyl (C=O) groups is 1. The predicted molar refractivity (Wildman–Crippen MR) is 73.7 cm³/mol. The molecule has 1 aliphatic rings. The molecule has 1 saturated heterocycles. The van der Waals surface area contributed by atoms with E-state index in [4.69, 9.17) is 10.5 Å². The summed E-state index contributed by atoms with van der Waals surface area (Å²) in [7, 11) is 0. The number of piperidine rings is 1. The molecule has 2 rings (SSSR count). The van der Waals surface area contributed by atoms with Gasteiger partial charge in [-0.15, -0.1) is 0 Å². The highest BCUT2D eigenvalue weighted by Crippen LogP contribution is 2.22. The van der Waals surface area contributed by atoms with Gasteiger partial charge in [0, 0.05) is 19.3 Å². The molecule has 2 heterocycles. The molecule has 1 aliphatic heterocycles. The van der Waals surface area contributed by atoms with Crippen molar-refractivity contribution >= 4 is 17.5 Å². The molecule has 104 valence electrons. The predicted octanol–water partition coefficient (Wildman–Crippen LogP) is 1.65. The van der Waals surface area contributed by atoms with Crippen molar-refractivity contribution in [3.63, 3.8) is 0 Å². The highest BCUT2D eigenvalue weighted by Gasteiger charge is 2.17. The van der Waals surface area contributed by atoms with Crippen molar-refractivity contribution in [3.8, 4) is 0 Å². The number of rotatable bonds is 4. The number of nitrogens with two attached hydrogens (primary N) is 1. The molecule has 0 saturated carbocycles. The van der Waals surface area contributed by atoms with Crippen LogP contribution in [0, 0.1) is 0 Å². The summed E-state index contributed by atoms with van der Waals surface area (Å²) in [6, 6.07) is 1.58. The van der Waals surface area contributed by atoms with Gasteiger partial charge in [-0.25, -0.2) is 14.8 Å². The summed E-state index contributed by atoms with van der Waals surface area (Å²) in [6.07, 6.45) is 5.13. The van der Waals surface area contributed by atoms with Crippen LogP contribution >= 0.6 is 0 Å². The number of nitrogens with zero attached hydrogens (tertiary/aromatic N) is 2. The lowest BCUT2D eigenvalue weighted by Crippen LogP contribution is -2.35. The number of hydrazine groups is 1. The number of pyridine rings is 1. The van der Waals surface area contributed by atoms with Crippen molar-refractivity contribution in [2.24, 2.45) is 0 Å². The highest BCUT2D eigenvalue weighted by molar-refractivity contribution is 5.97. The Morgan fingerprint density at radius 2 is 2.21 bits per heavy atom. The van der Waals surface area contributed by atoms with Gasteiger partial charge >= 0.3 is 5.97 Å². The minimum Gasteiger partial charge on any atom is -0.462 e. The second-order valence-corrected chi connectivity index (χ2v) is 4.50. The minimum atomic E-state index is -0.413. The van der Waals surface area contributed by atoms with E-state index in [9.17, 15) is 4.79 Å². The molecule has 6 heteroatoms. The van der Waals surface area contributed by atoms with Gasteiger partial charge in [0.05, 0.1) is 17.9 Å². The Morgan fingerprint density at radius 3 is 2.89 bits per heavy atom. The summed E-state index contributed by atoms with van der Waals surface area (Å²) in [5.74, 6) is 0.108. The molecule has 0 radical (unpaired) electrons. The number of nitrogens with one attached hydrogen (secondary N) is 1. The number of aromatic nitrogens is 1. The van der Waals surface area contributed by atoms with Crippen LogP contribution in [0.5, 0.6) is 0 Å². The smallest absolute Gasteiger partial charge is 0.340 e. The van der Waals surface area contributed by atoms with Crippen molar-refractivity contribution in [3.05, 3.63) is 17.8 Å². The van der Waals surface area contributed by atoms with E-state index in [1.807, 2.05) is 0 Å². The summed E-state index contributed by atoms with van der Waals surface area (Å²) in [5, 5.41) is 2.08. The van der Waals surface area contributed by atoms with E-state index in [0.717, 1.165) is 25.9 Å². The first kappa shape index (κ1) is 13.6. The zero-order valence-electron chi connectivity index (χ0n) is 11.2. The number of carbonyl (C=O) groups excluding carboxylic acids is 1. The third-order valence-corrected chi connectivity index (χ3v) is 3.11. The fraction of sp³-hybridized carbons (Fsp3) is 0.538. The van der Waals surface area contributed by atoms with Gasteiger partial charge < -0.3 is 15.9 Å². The molecule has 0 aliphatic carbocycles. The van der Waals surface area contributed by atoms with Gasteiger partial charge in [-0.3, -0.25) is 0 Å². The second-order valence-electron chi connectivity index (χ2n) is 4.50. The van der Waals surface area contributed by atoms with E-state index in [1.165, 1.54) is 6.42 Å². The molecule has 6 nitrogen and oxygen atoms in total. The van der Waals surface area contributed by atoms with Gasteiger partial charge in [0.25, 0.3) is 0 Å². The Balaban J connectivity index is 2.12. The van der Waals surface area contributed by atoms with Crippen LogP contribution in [-0.2, 0) is 4.74 Å². The Labute approximate surface area is 112 Å². The average molecular weight is 264 g/mol. The van der Waals surface area contributed by atoms with Crippen LogP contribution in [0.1, 0.15) is 36.5 Å². The quantitative estimate of drug-likeness (QED) is 0.805. The number of hydrogen-bond acceptors (Lipinski definition) is 6. The molecule has 0 aromatic carbocycles. The molecule has 19 heavy (non-hydrogen) atoms. The number of ether oxygens (including phenoxy) is 1. The fourth-order valence-corrected chi connectivity index (χ4v) is 2.10. The van der Waals surface area contributed by atoms with Gasteiger partial charge in [-0.05, 0) is 25.8 Å². The molecular formula is C13H20N4O2. The van der Waals surface area contributed by atoms with Crippen LogP contribution in [0.15, 0.2) is 12.3 Å². The third kappa shape index (κ3) is 3.35. The maximum Gasteiger partial charge on any atom is 0.340 e. The second kappa shape index (κ2) is 6.38. The Kier molecular flexibility index (Phi) is 4.57. The topological polar surface area (TPSA) is 80.5 Å². The number of esters is 1. The van der Waals surface area contributed by atoms with Crippen LogP contribution in [0.25, 0.3) is 0 Å². The fourth-order valence-electron chi connectivity index (χ4n) is 2.10. The monoisotopic (exact) mass is 264 g/mol. The molecule has 0 atom stereocenters. The first-order chi connectivity index (χ1) is 9.22. The highest BCUT2D eigenvalue weighted by atomic mass is 16.5. The van der Waals surface area contributed by atoms with Gasteiger partial charge in [0.15, 0.2) is 5.82 Å². The SMILES string of the molecule is CCOC(=O)c1ccnc(NN2CCCCC2)c1N. The largest absolute Gasteiger partial charge is 0.462 e. The van der Waals surface area contributed by atoms with E-state index in [1.54, 1.807) is 19.2 Å². The van der Waals surface area contributed by atoms with Crippen molar-refractivity contribution in [2.45, 2.75) is 26.2 Å².